The van der Waals surface area contributed by atoms with E-state index in [4.69, 9.17) is 9.90 Å². The van der Waals surface area contributed by atoms with E-state index in [0.29, 0.717) is 0 Å². The summed E-state index contributed by atoms with van der Waals surface area (Å²) in [7, 11) is 0. The smallest absolute Gasteiger partial charge is 0.126 e. The number of allylic oxidation sites excluding steroid dienone is 1. The third kappa shape index (κ3) is 2770. The second kappa shape index (κ2) is 117. The van der Waals surface area contributed by atoms with Crippen LogP contribution >= 0.6 is 0 Å². The van der Waals surface area contributed by atoms with Crippen LogP contribution in [0.4, 0.5) is 0 Å². The number of Topliss-reactive ketones (excluding diaryl/α,β-unsaturated/α-hetero) is 1. The van der Waals surface area contributed by atoms with E-state index in [1.54, 1.807) is 13.0 Å². The molecule has 0 atom stereocenters. The fourth-order valence-corrected chi connectivity index (χ4v) is 0. The number of hydrogen-bond acceptors (Lipinski definition) is 3. The van der Waals surface area contributed by atoms with Gasteiger partial charge in [-0.2, -0.15) is 0 Å². The maximum Gasteiger partial charge on any atom is 0.126 e. The van der Waals surface area contributed by atoms with Gasteiger partial charge in [0.15, 0.2) is 0 Å². The van der Waals surface area contributed by atoms with Gasteiger partial charge in [0.25, 0.3) is 0 Å². The number of aldehydes is 1. The van der Waals surface area contributed by atoms with E-state index in [1.165, 1.54) is 20.8 Å². The molecule has 0 aromatic carbocycles. The summed E-state index contributed by atoms with van der Waals surface area (Å²) >= 11 is 0. The average molecular weight is 254 g/mol. The maximum absolute atomic E-state index is 9.44. The van der Waals surface area contributed by atoms with Crippen LogP contribution in [-0.2, 0) is 9.59 Å². The minimum atomic E-state index is 0. The Morgan fingerprint density at radius 3 is 1.12 bits per heavy atom. The fourth-order valence-electron chi connectivity index (χ4n) is 0. The van der Waals surface area contributed by atoms with Gasteiger partial charge in [0.2, 0.25) is 0 Å². The molecule has 0 aromatic rings. The largest absolute Gasteiger partial charge is 0.397 e. The Morgan fingerprint density at radius 1 is 1.12 bits per heavy atom. The van der Waals surface area contributed by atoms with Crippen LogP contribution in [0.15, 0.2) is 12.7 Å². The van der Waals surface area contributed by atoms with E-state index >= 15 is 0 Å². The van der Waals surface area contributed by atoms with Gasteiger partial charge in [0.1, 0.15) is 12.1 Å². The molecule has 3 nitrogen and oxygen atoms in total. The maximum atomic E-state index is 9.44. The van der Waals surface area contributed by atoms with Crippen molar-refractivity contribution in [3.8, 4) is 0 Å². The van der Waals surface area contributed by atoms with Gasteiger partial charge in [-0.15, -0.1) is 6.58 Å². The van der Waals surface area contributed by atoms with Crippen molar-refractivity contribution < 1.29 is 14.7 Å². The predicted octanol–water partition coefficient (Wildman–Crippen LogP) is 4.54. The standard InChI is InChI=1S/C3H6O.C3H6.C2H6O.C2H4O.4CH4/c1-3(2)4;1-3-2;2*1-2-3;;;;/h1-2H3;3H,1H2,2H3;3H,2H2,1H3;2H,1H3;4*1H4. The zero-order valence-corrected chi connectivity index (χ0v) is 9.33. The molecular weight excluding hydrogens is 216 g/mol. The lowest BCUT2D eigenvalue weighted by Gasteiger charge is -1.56. The van der Waals surface area contributed by atoms with Gasteiger partial charge in [0, 0.05) is 6.61 Å². The predicted molar refractivity (Wildman–Crippen MR) is 83.6 cm³/mol. The molecule has 0 rings (SSSR count). The molecule has 0 heterocycles. The quantitative estimate of drug-likeness (QED) is 0.510. The van der Waals surface area contributed by atoms with Crippen LogP contribution in [0.5, 0.6) is 0 Å². The Kier molecular flexibility index (Phi) is 385. The fraction of sp³-hybridized carbons (Fsp3) is 0.714. The summed E-state index contributed by atoms with van der Waals surface area (Å²) in [5.41, 5.74) is 0. The van der Waals surface area contributed by atoms with Crippen molar-refractivity contribution in [3.05, 3.63) is 12.7 Å². The summed E-state index contributed by atoms with van der Waals surface area (Å²) in [6, 6.07) is 0. The summed E-state index contributed by atoms with van der Waals surface area (Å²) in [5.74, 6) is 0.167. The Balaban J connectivity index is -0.00000000989. The Morgan fingerprint density at radius 2 is 1.12 bits per heavy atom. The van der Waals surface area contributed by atoms with E-state index in [1.807, 2.05) is 6.92 Å². The van der Waals surface area contributed by atoms with Crippen molar-refractivity contribution in [1.29, 1.82) is 0 Å². The van der Waals surface area contributed by atoms with Crippen LogP contribution in [0.2, 0.25) is 0 Å². The molecule has 0 aromatic heterocycles. The second-order valence-corrected chi connectivity index (χ2v) is 1.87. The molecule has 0 amide bonds. The first-order valence-electron chi connectivity index (χ1n) is 4.03. The zero-order chi connectivity index (χ0) is 11.7. The molecule has 0 radical (unpaired) electrons. The van der Waals surface area contributed by atoms with Gasteiger partial charge in [0.05, 0.1) is 0 Å². The number of aliphatic hydroxyl groups excluding tert-OH is 1. The van der Waals surface area contributed by atoms with E-state index in [-0.39, 0.29) is 42.1 Å². The third-order valence-corrected chi connectivity index (χ3v) is 0. The molecule has 0 aliphatic carbocycles. The van der Waals surface area contributed by atoms with Gasteiger partial charge < -0.3 is 14.7 Å². The number of hydrogen-bond donors (Lipinski definition) is 1. The summed E-state index contributed by atoms with van der Waals surface area (Å²) in [6.45, 7) is 11.7. The summed E-state index contributed by atoms with van der Waals surface area (Å²) < 4.78 is 0. The highest BCUT2D eigenvalue weighted by atomic mass is 16.2. The number of ketones is 1. The third-order valence-electron chi connectivity index (χ3n) is 0. The molecule has 112 valence electrons. The minimum Gasteiger partial charge on any atom is -0.397 e. The SMILES string of the molecule is C.C.C.C.C=CC.CC(C)=O.CC=O.CCO. The van der Waals surface area contributed by atoms with Gasteiger partial charge in [-0.3, -0.25) is 0 Å². The van der Waals surface area contributed by atoms with Crippen molar-refractivity contribution >= 4 is 12.1 Å². The van der Waals surface area contributed by atoms with Gasteiger partial charge >= 0.3 is 0 Å². The monoisotopic (exact) mass is 254 g/mol. The molecular formula is C14H38O3. The second-order valence-electron chi connectivity index (χ2n) is 1.87. The Labute approximate surface area is 111 Å². The van der Waals surface area contributed by atoms with Crippen molar-refractivity contribution in [3.63, 3.8) is 0 Å². The zero-order valence-electron chi connectivity index (χ0n) is 9.33. The van der Waals surface area contributed by atoms with Gasteiger partial charge in [-0.05, 0) is 34.6 Å². The summed E-state index contributed by atoms with van der Waals surface area (Å²) in [5, 5.41) is 7.57. The van der Waals surface area contributed by atoms with Gasteiger partial charge in [-0.1, -0.05) is 35.8 Å². The van der Waals surface area contributed by atoms with Crippen LogP contribution < -0.4 is 0 Å². The van der Waals surface area contributed by atoms with Crippen LogP contribution in [0.3, 0.4) is 0 Å². The highest BCUT2D eigenvalue weighted by Gasteiger charge is 1.62. The molecule has 17 heavy (non-hydrogen) atoms. The molecule has 0 saturated heterocycles. The van der Waals surface area contributed by atoms with Crippen LogP contribution in [0, 0.1) is 0 Å². The van der Waals surface area contributed by atoms with Gasteiger partial charge in [-0.25, -0.2) is 0 Å². The minimum absolute atomic E-state index is 0. The highest BCUT2D eigenvalue weighted by molar-refractivity contribution is 5.72. The van der Waals surface area contributed by atoms with Crippen molar-refractivity contribution in [2.75, 3.05) is 6.61 Å². The normalized spacial score (nSPS) is 4.12. The number of carbonyl (C=O) groups is 2. The molecule has 0 fully saturated rings. The molecule has 0 spiro atoms. The van der Waals surface area contributed by atoms with Crippen LogP contribution in [0.1, 0.15) is 64.3 Å². The first kappa shape index (κ1) is 56.1. The highest BCUT2D eigenvalue weighted by Crippen LogP contribution is 1.50. The Bertz CT molecular complexity index is 89.6. The van der Waals surface area contributed by atoms with Crippen molar-refractivity contribution in [2.45, 2.75) is 64.3 Å². The molecule has 1 N–H and O–H groups in total. The average Bonchev–Trinajstić information content (AvgIpc) is 1.88. The van der Waals surface area contributed by atoms with Crippen molar-refractivity contribution in [1.82, 2.24) is 0 Å². The van der Waals surface area contributed by atoms with Crippen molar-refractivity contribution in [2.24, 2.45) is 0 Å². The molecule has 0 unspecified atom stereocenters. The number of carbonyl (C=O) groups excluding carboxylic acids is 2. The van der Waals surface area contributed by atoms with E-state index < -0.39 is 0 Å². The topological polar surface area (TPSA) is 54.4 Å². The summed E-state index contributed by atoms with van der Waals surface area (Å²) in [4.78, 5) is 18.2. The van der Waals surface area contributed by atoms with Crippen LogP contribution in [-0.4, -0.2) is 23.8 Å². The first-order chi connectivity index (χ1) is 5.97. The number of aliphatic hydroxyl groups is 1. The lowest BCUT2D eigenvalue weighted by Crippen LogP contribution is -1.69. The first-order valence-corrected chi connectivity index (χ1v) is 4.03. The van der Waals surface area contributed by atoms with E-state index in [9.17, 15) is 4.79 Å². The van der Waals surface area contributed by atoms with E-state index in [2.05, 4.69) is 6.58 Å². The molecule has 0 aliphatic heterocycles. The molecule has 0 saturated carbocycles. The summed E-state index contributed by atoms with van der Waals surface area (Å²) in [6.07, 6.45) is 2.50. The van der Waals surface area contributed by atoms with Crippen LogP contribution in [0.25, 0.3) is 0 Å². The number of rotatable bonds is 0. The Hall–Kier alpha value is -0.960. The van der Waals surface area contributed by atoms with E-state index in [0.717, 1.165) is 6.29 Å². The molecule has 3 heteroatoms. The lowest BCUT2D eigenvalue weighted by atomic mass is 10.6. The lowest BCUT2D eigenvalue weighted by molar-refractivity contribution is -0.115. The molecule has 0 bridgehead atoms. The molecule has 0 aliphatic rings.